The van der Waals surface area contributed by atoms with Gasteiger partial charge in [-0.25, -0.2) is 0 Å². The molecule has 202 valence electrons. The summed E-state index contributed by atoms with van der Waals surface area (Å²) in [5.41, 5.74) is 0.295. The average molecular weight is 588 g/mol. The summed E-state index contributed by atoms with van der Waals surface area (Å²) in [6.07, 6.45) is 0.167. The molecule has 1 amide bonds. The van der Waals surface area contributed by atoms with Gasteiger partial charge >= 0.3 is 0 Å². The van der Waals surface area contributed by atoms with E-state index in [0.29, 0.717) is 23.1 Å². The lowest BCUT2D eigenvalue weighted by molar-refractivity contribution is 0.102. The standard InChI is InChI=1S/C27H23Cl2N3O6S/c1-3-17-23(39(35,36)37)12-11-21(29)24(17)31-32-25-18-8-6-5-7-15(18)13-19(26(25)33)27(34)30-22-14-16(38-4-2)9-10-20(22)28/h5-14,33H,3-4H2,1-2H3,(H,30,34)(H,35,36,37). The Morgan fingerprint density at radius 2 is 1.67 bits per heavy atom. The van der Waals surface area contributed by atoms with E-state index in [1.807, 2.05) is 6.92 Å². The molecule has 0 radical (unpaired) electrons. The van der Waals surface area contributed by atoms with Gasteiger partial charge in [0.2, 0.25) is 0 Å². The van der Waals surface area contributed by atoms with Gasteiger partial charge in [-0.1, -0.05) is 54.4 Å². The molecule has 12 heteroatoms. The quantitative estimate of drug-likeness (QED) is 0.142. The second kappa shape index (κ2) is 11.6. The summed E-state index contributed by atoms with van der Waals surface area (Å²) in [4.78, 5) is 12.9. The second-order valence-corrected chi connectivity index (χ2v) is 10.5. The average Bonchev–Trinajstić information content (AvgIpc) is 2.89. The largest absolute Gasteiger partial charge is 0.505 e. The van der Waals surface area contributed by atoms with E-state index in [9.17, 15) is 22.9 Å². The van der Waals surface area contributed by atoms with E-state index in [4.69, 9.17) is 27.9 Å². The van der Waals surface area contributed by atoms with Crippen LogP contribution in [0.15, 0.2) is 75.8 Å². The topological polar surface area (TPSA) is 138 Å². The molecule has 9 nitrogen and oxygen atoms in total. The molecule has 0 aliphatic rings. The maximum absolute atomic E-state index is 13.3. The summed E-state index contributed by atoms with van der Waals surface area (Å²) in [6, 6.07) is 15.7. The molecular formula is C27H23Cl2N3O6S. The smallest absolute Gasteiger partial charge is 0.294 e. The second-order valence-electron chi connectivity index (χ2n) is 8.27. The zero-order valence-electron chi connectivity index (χ0n) is 20.8. The van der Waals surface area contributed by atoms with Crippen molar-refractivity contribution in [3.8, 4) is 11.5 Å². The summed E-state index contributed by atoms with van der Waals surface area (Å²) in [5.74, 6) is -0.622. The van der Waals surface area contributed by atoms with Crippen molar-refractivity contribution in [2.24, 2.45) is 10.2 Å². The number of anilines is 1. The number of amides is 1. The Balaban J connectivity index is 1.83. The van der Waals surface area contributed by atoms with Crippen LogP contribution in [0.4, 0.5) is 17.1 Å². The number of carbonyl (C=O) groups is 1. The molecule has 0 fully saturated rings. The third-order valence-electron chi connectivity index (χ3n) is 5.81. The van der Waals surface area contributed by atoms with Gasteiger partial charge in [0.05, 0.1) is 32.8 Å². The van der Waals surface area contributed by atoms with Gasteiger partial charge < -0.3 is 15.2 Å². The Morgan fingerprint density at radius 1 is 0.974 bits per heavy atom. The van der Waals surface area contributed by atoms with Crippen LogP contribution in [0.3, 0.4) is 0 Å². The number of ether oxygens (including phenoxy) is 1. The zero-order valence-corrected chi connectivity index (χ0v) is 23.1. The lowest BCUT2D eigenvalue weighted by Crippen LogP contribution is -2.12. The molecular weight excluding hydrogens is 565 g/mol. The number of halogens is 2. The number of benzene rings is 4. The Hall–Kier alpha value is -3.70. The first kappa shape index (κ1) is 28.3. The summed E-state index contributed by atoms with van der Waals surface area (Å²) in [7, 11) is -4.55. The fourth-order valence-electron chi connectivity index (χ4n) is 4.02. The first-order valence-electron chi connectivity index (χ1n) is 11.7. The number of hydrogen-bond acceptors (Lipinski definition) is 7. The van der Waals surface area contributed by atoms with Crippen LogP contribution in [-0.4, -0.2) is 30.6 Å². The molecule has 0 bridgehead atoms. The van der Waals surface area contributed by atoms with Crippen molar-refractivity contribution in [2.45, 2.75) is 25.2 Å². The summed E-state index contributed by atoms with van der Waals surface area (Å²) >= 11 is 12.6. The minimum Gasteiger partial charge on any atom is -0.505 e. The number of nitrogens with one attached hydrogen (secondary N) is 1. The summed E-state index contributed by atoms with van der Waals surface area (Å²) in [6.45, 7) is 3.92. The normalized spacial score (nSPS) is 11.7. The molecule has 0 unspecified atom stereocenters. The van der Waals surface area contributed by atoms with Crippen LogP contribution >= 0.6 is 23.2 Å². The van der Waals surface area contributed by atoms with E-state index >= 15 is 0 Å². The lowest BCUT2D eigenvalue weighted by atomic mass is 10.0. The molecule has 0 saturated heterocycles. The Bertz CT molecular complexity index is 1720. The number of aromatic hydroxyl groups is 1. The third kappa shape index (κ3) is 5.99. The highest BCUT2D eigenvalue weighted by molar-refractivity contribution is 7.85. The molecule has 4 aromatic rings. The third-order valence-corrected chi connectivity index (χ3v) is 7.38. The van der Waals surface area contributed by atoms with Crippen LogP contribution < -0.4 is 10.1 Å². The van der Waals surface area contributed by atoms with Crippen LogP contribution in [0, 0.1) is 0 Å². The van der Waals surface area contributed by atoms with Crippen LogP contribution in [0.1, 0.15) is 29.8 Å². The minimum atomic E-state index is -4.55. The predicted octanol–water partition coefficient (Wildman–Crippen LogP) is 7.73. The molecule has 0 aliphatic heterocycles. The fourth-order valence-corrected chi connectivity index (χ4v) is 5.19. The van der Waals surface area contributed by atoms with Crippen LogP contribution in [0.25, 0.3) is 10.8 Å². The number of fused-ring (bicyclic) bond motifs is 1. The Kier molecular flexibility index (Phi) is 8.41. The highest BCUT2D eigenvalue weighted by atomic mass is 35.5. The van der Waals surface area contributed by atoms with E-state index in [1.165, 1.54) is 18.2 Å². The maximum Gasteiger partial charge on any atom is 0.294 e. The number of azo groups is 1. The number of hydrogen-bond donors (Lipinski definition) is 3. The molecule has 0 saturated carbocycles. The number of phenolic OH excluding ortho intramolecular Hbond substituents is 1. The van der Waals surface area contributed by atoms with Gasteiger partial charge in [0.15, 0.2) is 5.75 Å². The predicted molar refractivity (Wildman–Crippen MR) is 151 cm³/mol. The van der Waals surface area contributed by atoms with Crippen molar-refractivity contribution < 1.29 is 27.6 Å². The zero-order chi connectivity index (χ0) is 28.3. The number of nitrogens with zero attached hydrogens (tertiary/aromatic N) is 2. The number of rotatable bonds is 8. The minimum absolute atomic E-state index is 0.00662. The van der Waals surface area contributed by atoms with Crippen molar-refractivity contribution in [1.29, 1.82) is 0 Å². The number of carbonyl (C=O) groups excluding carboxylic acids is 1. The maximum atomic E-state index is 13.3. The van der Waals surface area contributed by atoms with Crippen molar-refractivity contribution in [3.63, 3.8) is 0 Å². The summed E-state index contributed by atoms with van der Waals surface area (Å²) < 4.78 is 38.8. The Labute approximate surface area is 234 Å². The van der Waals surface area contributed by atoms with E-state index < -0.39 is 21.8 Å². The van der Waals surface area contributed by atoms with Gasteiger partial charge in [-0.3, -0.25) is 9.35 Å². The molecule has 4 aromatic carbocycles. The van der Waals surface area contributed by atoms with Gasteiger partial charge in [-0.2, -0.15) is 8.42 Å². The monoisotopic (exact) mass is 587 g/mol. The molecule has 0 heterocycles. The van der Waals surface area contributed by atoms with Gasteiger partial charge in [0.25, 0.3) is 16.0 Å². The van der Waals surface area contributed by atoms with E-state index in [2.05, 4.69) is 15.5 Å². The first-order chi connectivity index (χ1) is 18.5. The molecule has 3 N–H and O–H groups in total. The van der Waals surface area contributed by atoms with Gasteiger partial charge in [0, 0.05) is 17.0 Å². The lowest BCUT2D eigenvalue weighted by Gasteiger charge is -2.13. The van der Waals surface area contributed by atoms with E-state index in [0.717, 1.165) is 0 Å². The highest BCUT2D eigenvalue weighted by Crippen LogP contribution is 2.42. The molecule has 0 aliphatic carbocycles. The molecule has 4 rings (SSSR count). The number of phenols is 1. The molecule has 39 heavy (non-hydrogen) atoms. The van der Waals surface area contributed by atoms with Gasteiger partial charge in [0.1, 0.15) is 17.1 Å². The van der Waals surface area contributed by atoms with Crippen molar-refractivity contribution in [1.82, 2.24) is 0 Å². The van der Waals surface area contributed by atoms with E-state index in [1.54, 1.807) is 49.4 Å². The van der Waals surface area contributed by atoms with Crippen molar-refractivity contribution >= 4 is 67.1 Å². The first-order valence-corrected chi connectivity index (χ1v) is 13.9. The molecule has 0 spiro atoms. The van der Waals surface area contributed by atoms with Gasteiger partial charge in [-0.05, 0) is 49.1 Å². The van der Waals surface area contributed by atoms with Crippen molar-refractivity contribution in [3.05, 3.63) is 81.8 Å². The Morgan fingerprint density at radius 3 is 2.36 bits per heavy atom. The summed E-state index contributed by atoms with van der Waals surface area (Å²) in [5, 5.41) is 23.6. The fraction of sp³-hybridized carbons (Fsp3) is 0.148. The van der Waals surface area contributed by atoms with Crippen LogP contribution in [-0.2, 0) is 16.5 Å². The van der Waals surface area contributed by atoms with Crippen LogP contribution in [0.2, 0.25) is 10.0 Å². The SMILES string of the molecule is CCOc1ccc(Cl)c(NC(=O)c2cc3ccccc3c(N=Nc3c(Cl)ccc(S(=O)(=O)O)c3CC)c2O)c1. The molecule has 0 atom stereocenters. The van der Waals surface area contributed by atoms with Gasteiger partial charge in [-0.15, -0.1) is 10.2 Å². The highest BCUT2D eigenvalue weighted by Gasteiger charge is 2.22. The van der Waals surface area contributed by atoms with Crippen molar-refractivity contribution in [2.75, 3.05) is 11.9 Å². The van der Waals surface area contributed by atoms with Crippen LogP contribution in [0.5, 0.6) is 11.5 Å². The van der Waals surface area contributed by atoms with E-state index in [-0.39, 0.29) is 49.6 Å². The molecule has 0 aromatic heterocycles.